The number of unbranched alkanes of at least 4 members (excludes halogenated alkanes) is 2. The Kier molecular flexibility index (Phi) is 53.0. The van der Waals surface area contributed by atoms with E-state index in [1.807, 2.05) is 0 Å². The number of carbonyl (C=O) groups excluding carboxylic acids is 8. The zero-order valence-electron chi connectivity index (χ0n) is 41.8. The minimum Gasteiger partial charge on any atom is -0.465 e. The third kappa shape index (κ3) is 51.6. The zero-order valence-corrected chi connectivity index (χ0v) is 41.8. The molecule has 428 valence electrons. The molecule has 0 unspecified atom stereocenters. The van der Waals surface area contributed by atoms with Crippen LogP contribution in [-0.2, 0) is 95.1 Å². The number of ether oxygens (including phenoxy) is 16. The molecular formula is C46H66N2O28. The predicted molar refractivity (Wildman–Crippen MR) is 255 cm³/mol. The van der Waals surface area contributed by atoms with Gasteiger partial charge in [0.25, 0.3) is 37.3 Å². The van der Waals surface area contributed by atoms with E-state index in [9.17, 15) is 58.6 Å². The Balaban J connectivity index is 0. The van der Waals surface area contributed by atoms with Gasteiger partial charge in [0.1, 0.15) is 63.7 Å². The number of carbonyl (C=O) groups is 8. The maximum atomic E-state index is 11.5. The molecule has 0 saturated carbocycles. The first kappa shape index (κ1) is 70.8. The van der Waals surface area contributed by atoms with Crippen molar-refractivity contribution >= 4 is 62.1 Å². The summed E-state index contributed by atoms with van der Waals surface area (Å²) in [6, 6.07) is 9.85. The van der Waals surface area contributed by atoms with Gasteiger partial charge in [0.15, 0.2) is 0 Å². The van der Waals surface area contributed by atoms with Crippen molar-refractivity contribution in [2.75, 3.05) is 145 Å². The monoisotopic (exact) mass is 1090 g/mol. The number of hydrogen-bond donors (Lipinski definition) is 0. The second kappa shape index (κ2) is 57.0. The van der Waals surface area contributed by atoms with Gasteiger partial charge in [-0.05, 0) is 37.1 Å². The maximum Gasteiger partial charge on any atom is 0.513 e. The molecule has 0 N–H and O–H groups in total. The summed E-state index contributed by atoms with van der Waals surface area (Å²) in [6.45, 7) is 8.28. The Hall–Kier alpha value is -7.32. The number of benzene rings is 2. The van der Waals surface area contributed by atoms with E-state index in [-0.39, 0.29) is 88.9 Å². The quantitative estimate of drug-likeness (QED) is 0.0175. The second-order valence-corrected chi connectivity index (χ2v) is 13.3. The summed E-state index contributed by atoms with van der Waals surface area (Å²) in [5, 5.41) is 21.1. The average Bonchev–Trinajstić information content (AvgIpc) is 3.41. The van der Waals surface area contributed by atoms with Crippen molar-refractivity contribution in [1.29, 1.82) is 0 Å². The number of hydrogen-bond acceptors (Lipinski definition) is 28. The Labute approximate surface area is 436 Å². The Morgan fingerprint density at radius 1 is 0.355 bits per heavy atom. The largest absolute Gasteiger partial charge is 0.513 e. The smallest absolute Gasteiger partial charge is 0.465 e. The van der Waals surface area contributed by atoms with Gasteiger partial charge in [0, 0.05) is 50.3 Å². The van der Waals surface area contributed by atoms with Crippen molar-refractivity contribution in [2.24, 2.45) is 0 Å². The fourth-order valence-electron chi connectivity index (χ4n) is 4.34. The van der Waals surface area contributed by atoms with E-state index in [0.29, 0.717) is 118 Å². The molecule has 0 aromatic heterocycles. The molecule has 30 nitrogen and oxygen atoms in total. The van der Waals surface area contributed by atoms with Crippen LogP contribution >= 0.6 is 0 Å². The van der Waals surface area contributed by atoms with Crippen molar-refractivity contribution in [3.05, 3.63) is 68.8 Å². The predicted octanol–water partition coefficient (Wildman–Crippen LogP) is 2.98. The van der Waals surface area contributed by atoms with E-state index in [1.54, 1.807) is 0 Å². The number of nitro benzene ring substituents is 2. The van der Waals surface area contributed by atoms with Gasteiger partial charge in [-0.1, -0.05) is 0 Å². The molecule has 0 saturated heterocycles. The van der Waals surface area contributed by atoms with Gasteiger partial charge < -0.3 is 85.4 Å². The van der Waals surface area contributed by atoms with Crippen molar-refractivity contribution in [1.82, 2.24) is 0 Å². The van der Waals surface area contributed by atoms with E-state index in [0.717, 1.165) is 25.4 Å². The third-order valence-corrected chi connectivity index (χ3v) is 7.76. The van der Waals surface area contributed by atoms with Crippen LogP contribution in [0.3, 0.4) is 0 Å². The van der Waals surface area contributed by atoms with Crippen LogP contribution in [0.2, 0.25) is 0 Å². The van der Waals surface area contributed by atoms with Gasteiger partial charge in [-0.15, -0.1) is 0 Å². The first-order valence-electron chi connectivity index (χ1n) is 23.0. The lowest BCUT2D eigenvalue weighted by Gasteiger charge is -2.08. The van der Waals surface area contributed by atoms with Crippen molar-refractivity contribution in [3.63, 3.8) is 0 Å². The summed E-state index contributed by atoms with van der Waals surface area (Å²) in [5.41, 5.74) is -0.268. The summed E-state index contributed by atoms with van der Waals surface area (Å²) in [4.78, 5) is 102. The maximum absolute atomic E-state index is 11.5. The van der Waals surface area contributed by atoms with Crippen molar-refractivity contribution < 1.29 is 124 Å². The first-order valence-corrected chi connectivity index (χ1v) is 23.0. The van der Waals surface area contributed by atoms with E-state index in [4.69, 9.17) is 56.8 Å². The highest BCUT2D eigenvalue weighted by molar-refractivity contribution is 5.64. The molecule has 0 aliphatic carbocycles. The van der Waals surface area contributed by atoms with Crippen LogP contribution in [0.4, 0.5) is 21.0 Å². The van der Waals surface area contributed by atoms with Crippen molar-refractivity contribution in [2.45, 2.75) is 25.7 Å². The van der Waals surface area contributed by atoms with Gasteiger partial charge in [-0.2, -0.15) is 0 Å². The lowest BCUT2D eigenvalue weighted by Crippen LogP contribution is -2.17. The van der Waals surface area contributed by atoms with Crippen LogP contribution in [0.15, 0.2) is 48.5 Å². The normalized spacial score (nSPS) is 9.89. The minimum absolute atomic E-state index is 0.0800. The molecular weight excluding hydrogens is 1030 g/mol. The third-order valence-electron chi connectivity index (χ3n) is 7.76. The molecule has 0 bridgehead atoms. The molecule has 30 heteroatoms. The van der Waals surface area contributed by atoms with Crippen LogP contribution in [-0.4, -0.2) is 206 Å². The van der Waals surface area contributed by atoms with Crippen LogP contribution in [0.5, 0.6) is 11.5 Å². The molecule has 0 aliphatic heterocycles. The molecule has 0 spiro atoms. The van der Waals surface area contributed by atoms with E-state index >= 15 is 0 Å². The van der Waals surface area contributed by atoms with E-state index in [2.05, 4.69) is 18.9 Å². The highest BCUT2D eigenvalue weighted by Crippen LogP contribution is 2.18. The molecule has 76 heavy (non-hydrogen) atoms. The standard InChI is InChI=1S/C20H20N2O12.C10H18O4.2C8H14O6/c23-19(33-17-5-1-15(2-6-17)21(25)26)31-13-11-29-9-10-30-12-14-32-20(24)34-18-7-3-16(4-8-18)22(27)28;11-5-1-3-7-13-9-10-14-8-4-2-6-12;2*9-7-13-5-3-11-1-2-12-4-6-14-8-10/h1-8H,9-14H2;5-6H,1-4,7-10H2;2*7-8H,1-6H2. The molecule has 2 rings (SSSR count). The van der Waals surface area contributed by atoms with Crippen molar-refractivity contribution in [3.8, 4) is 11.5 Å². The van der Waals surface area contributed by atoms with Crippen LogP contribution in [0.1, 0.15) is 25.7 Å². The highest BCUT2D eigenvalue weighted by Gasteiger charge is 2.11. The molecule has 0 amide bonds. The molecule has 0 radical (unpaired) electrons. The summed E-state index contributed by atoms with van der Waals surface area (Å²) < 4.78 is 77.7. The Morgan fingerprint density at radius 2 is 0.592 bits per heavy atom. The molecule has 2 aromatic carbocycles. The zero-order chi connectivity index (χ0) is 56.2. The van der Waals surface area contributed by atoms with Gasteiger partial charge in [-0.3, -0.25) is 39.4 Å². The highest BCUT2D eigenvalue weighted by atomic mass is 16.7. The molecule has 2 aromatic rings. The topological polar surface area (TPSA) is 371 Å². The fraction of sp³-hybridized carbons (Fsp3) is 0.565. The van der Waals surface area contributed by atoms with E-state index in [1.165, 1.54) is 48.5 Å². The van der Waals surface area contributed by atoms with Gasteiger partial charge >= 0.3 is 12.3 Å². The number of non-ortho nitro benzene ring substituents is 2. The van der Waals surface area contributed by atoms with Gasteiger partial charge in [-0.25, -0.2) is 9.59 Å². The van der Waals surface area contributed by atoms with Gasteiger partial charge in [0.2, 0.25) is 0 Å². The SMILES string of the molecule is O=C(OCCOCCOCCOC(=O)Oc1ccc([N+](=O)[O-])cc1)Oc1ccc([N+](=O)[O-])cc1.O=CCCCOCCOCCCC=O.O=COCCOCCOCCOC=O.O=COCCOCCOCCOC=O. The molecule has 0 fully saturated rings. The number of rotatable bonds is 46. The van der Waals surface area contributed by atoms with E-state index < -0.39 is 22.2 Å². The minimum atomic E-state index is -0.980. The summed E-state index contributed by atoms with van der Waals surface area (Å²) in [7, 11) is 0. The summed E-state index contributed by atoms with van der Waals surface area (Å²) >= 11 is 0. The number of nitrogens with zero attached hydrogens (tertiary/aromatic N) is 2. The Morgan fingerprint density at radius 3 is 0.829 bits per heavy atom. The first-order chi connectivity index (χ1) is 37.1. The molecule has 0 heterocycles. The molecule has 0 atom stereocenters. The summed E-state index contributed by atoms with van der Waals surface area (Å²) in [6.07, 6.45) is 2.47. The Bertz CT molecular complexity index is 1570. The van der Waals surface area contributed by atoms with Crippen LogP contribution < -0.4 is 9.47 Å². The fourth-order valence-corrected chi connectivity index (χ4v) is 4.34. The molecule has 0 aliphatic rings. The number of nitro groups is 2. The number of aldehydes is 2. The average molecular weight is 1100 g/mol. The second-order valence-electron chi connectivity index (χ2n) is 13.3. The van der Waals surface area contributed by atoms with Crippen LogP contribution in [0.25, 0.3) is 0 Å². The lowest BCUT2D eigenvalue weighted by molar-refractivity contribution is -0.385. The van der Waals surface area contributed by atoms with Crippen LogP contribution in [0, 0.1) is 20.2 Å². The summed E-state index contributed by atoms with van der Waals surface area (Å²) in [5.74, 6) is 0.201. The van der Waals surface area contributed by atoms with Gasteiger partial charge in [0.05, 0.1) is 102 Å². The lowest BCUT2D eigenvalue weighted by atomic mass is 10.3.